The zero-order valence-corrected chi connectivity index (χ0v) is 9.38. The van der Waals surface area contributed by atoms with Gasteiger partial charge < -0.3 is 5.32 Å². The van der Waals surface area contributed by atoms with Gasteiger partial charge in [-0.1, -0.05) is 47.9 Å². The van der Waals surface area contributed by atoms with E-state index in [1.807, 2.05) is 13.0 Å². The molecular formula is C14H17N. The lowest BCUT2D eigenvalue weighted by atomic mass is 10.1. The summed E-state index contributed by atoms with van der Waals surface area (Å²) in [5.74, 6) is 5.84. The van der Waals surface area contributed by atoms with Crippen molar-refractivity contribution < 1.29 is 0 Å². The summed E-state index contributed by atoms with van der Waals surface area (Å²) in [7, 11) is 0. The lowest BCUT2D eigenvalue weighted by molar-refractivity contribution is 0.829. The van der Waals surface area contributed by atoms with Crippen LogP contribution in [0.4, 0.5) is 0 Å². The highest BCUT2D eigenvalue weighted by atomic mass is 14.8. The zero-order valence-electron chi connectivity index (χ0n) is 9.38. The van der Waals surface area contributed by atoms with Crippen molar-refractivity contribution in [3.8, 4) is 11.8 Å². The molecule has 0 spiro atoms. The maximum Gasteiger partial charge on any atom is 0.0578 e. The van der Waals surface area contributed by atoms with Crippen LogP contribution in [0.5, 0.6) is 0 Å². The first-order valence-electron chi connectivity index (χ1n) is 5.15. The minimum Gasteiger partial charge on any atom is -0.302 e. The Bertz CT molecular complexity index is 365. The minimum absolute atomic E-state index is 0.760. The quantitative estimate of drug-likeness (QED) is 0.580. The highest BCUT2D eigenvalue weighted by Crippen LogP contribution is 2.04. The fourth-order valence-corrected chi connectivity index (χ4v) is 1.30. The summed E-state index contributed by atoms with van der Waals surface area (Å²) in [4.78, 5) is 0. The second-order valence-corrected chi connectivity index (χ2v) is 3.43. The predicted molar refractivity (Wildman–Crippen MR) is 66.4 cm³/mol. The van der Waals surface area contributed by atoms with E-state index in [9.17, 15) is 0 Å². The Balaban J connectivity index is 2.42. The molecule has 1 heteroatoms. The topological polar surface area (TPSA) is 12.0 Å². The van der Waals surface area contributed by atoms with Gasteiger partial charge in [-0.2, -0.15) is 0 Å². The smallest absolute Gasteiger partial charge is 0.0578 e. The van der Waals surface area contributed by atoms with Crippen molar-refractivity contribution in [3.63, 3.8) is 0 Å². The molecule has 0 atom stereocenters. The van der Waals surface area contributed by atoms with Crippen LogP contribution in [0, 0.1) is 11.8 Å². The molecule has 1 N–H and O–H groups in total. The van der Waals surface area contributed by atoms with Crippen molar-refractivity contribution in [3.05, 3.63) is 41.5 Å². The summed E-state index contributed by atoms with van der Waals surface area (Å²) in [6.45, 7) is 5.63. The van der Waals surface area contributed by atoms with Gasteiger partial charge in [0, 0.05) is 6.54 Å². The third-order valence-electron chi connectivity index (χ3n) is 2.01. The zero-order chi connectivity index (χ0) is 10.9. The van der Waals surface area contributed by atoms with Crippen LogP contribution in [0.1, 0.15) is 19.4 Å². The number of benzene rings is 1. The molecule has 0 unspecified atom stereocenters. The van der Waals surface area contributed by atoms with Crippen LogP contribution < -0.4 is 5.32 Å². The van der Waals surface area contributed by atoms with Crippen LogP contribution in [0.25, 0.3) is 6.08 Å². The van der Waals surface area contributed by atoms with Gasteiger partial charge in [-0.05, 0) is 19.4 Å². The van der Waals surface area contributed by atoms with Crippen LogP contribution in [-0.4, -0.2) is 13.1 Å². The van der Waals surface area contributed by atoms with Crippen LogP contribution in [0.3, 0.4) is 0 Å². The molecule has 0 aliphatic carbocycles. The van der Waals surface area contributed by atoms with E-state index in [-0.39, 0.29) is 0 Å². The molecule has 1 rings (SSSR count). The molecule has 0 aromatic heterocycles. The van der Waals surface area contributed by atoms with E-state index < -0.39 is 0 Å². The van der Waals surface area contributed by atoms with Gasteiger partial charge >= 0.3 is 0 Å². The standard InChI is InChI=1S/C14H17N/c1-3-4-10-15-12-13(2)11-14-8-6-5-7-9-14/h5-9,11,15H,10,12H2,1-2H3/b13-11+. The summed E-state index contributed by atoms with van der Waals surface area (Å²) in [6.07, 6.45) is 2.19. The summed E-state index contributed by atoms with van der Waals surface area (Å²) < 4.78 is 0. The van der Waals surface area contributed by atoms with Gasteiger partial charge in [-0.3, -0.25) is 0 Å². The summed E-state index contributed by atoms with van der Waals surface area (Å²) >= 11 is 0. The molecule has 0 aliphatic heterocycles. The molecule has 0 saturated heterocycles. The normalized spacial score (nSPS) is 10.7. The van der Waals surface area contributed by atoms with Gasteiger partial charge in [-0.25, -0.2) is 0 Å². The number of rotatable bonds is 4. The van der Waals surface area contributed by atoms with Crippen molar-refractivity contribution in [1.29, 1.82) is 0 Å². The van der Waals surface area contributed by atoms with Crippen LogP contribution >= 0.6 is 0 Å². The van der Waals surface area contributed by atoms with Gasteiger partial charge in [0.25, 0.3) is 0 Å². The molecule has 0 radical (unpaired) electrons. The first-order chi connectivity index (χ1) is 7.33. The van der Waals surface area contributed by atoms with Crippen molar-refractivity contribution in [2.75, 3.05) is 13.1 Å². The highest BCUT2D eigenvalue weighted by molar-refractivity contribution is 5.52. The Morgan fingerprint density at radius 3 is 2.73 bits per heavy atom. The number of hydrogen-bond donors (Lipinski definition) is 1. The fourth-order valence-electron chi connectivity index (χ4n) is 1.30. The molecule has 1 aromatic carbocycles. The van der Waals surface area contributed by atoms with Crippen molar-refractivity contribution in [2.24, 2.45) is 0 Å². The van der Waals surface area contributed by atoms with E-state index in [0.717, 1.165) is 13.1 Å². The van der Waals surface area contributed by atoms with Crippen molar-refractivity contribution in [1.82, 2.24) is 5.32 Å². The lowest BCUT2D eigenvalue weighted by Crippen LogP contribution is -2.16. The molecule has 0 bridgehead atoms. The molecule has 0 fully saturated rings. The predicted octanol–water partition coefficient (Wildman–Crippen LogP) is 2.70. The van der Waals surface area contributed by atoms with E-state index in [1.54, 1.807) is 0 Å². The van der Waals surface area contributed by atoms with Gasteiger partial charge in [0.2, 0.25) is 0 Å². The Morgan fingerprint density at radius 2 is 2.07 bits per heavy atom. The maximum absolute atomic E-state index is 3.26. The Kier molecular flexibility index (Phi) is 5.29. The molecule has 1 nitrogen and oxygen atoms in total. The van der Waals surface area contributed by atoms with Gasteiger partial charge in [-0.15, -0.1) is 5.92 Å². The second-order valence-electron chi connectivity index (χ2n) is 3.43. The Morgan fingerprint density at radius 1 is 1.33 bits per heavy atom. The van der Waals surface area contributed by atoms with E-state index in [2.05, 4.69) is 54.4 Å². The van der Waals surface area contributed by atoms with Gasteiger partial charge in [0.05, 0.1) is 6.54 Å². The van der Waals surface area contributed by atoms with Crippen LogP contribution in [0.2, 0.25) is 0 Å². The SMILES string of the molecule is CC#CCNC/C(C)=C/c1ccccc1. The molecule has 15 heavy (non-hydrogen) atoms. The Hall–Kier alpha value is -1.52. The molecule has 78 valence electrons. The molecule has 0 heterocycles. The first-order valence-corrected chi connectivity index (χ1v) is 5.15. The second kappa shape index (κ2) is 6.86. The largest absolute Gasteiger partial charge is 0.302 e. The number of hydrogen-bond acceptors (Lipinski definition) is 1. The summed E-state index contributed by atoms with van der Waals surface area (Å²) in [6, 6.07) is 10.3. The third-order valence-corrected chi connectivity index (χ3v) is 2.01. The average molecular weight is 199 g/mol. The molecule has 0 saturated carbocycles. The number of nitrogens with one attached hydrogen (secondary N) is 1. The molecular weight excluding hydrogens is 182 g/mol. The van der Waals surface area contributed by atoms with Crippen LogP contribution in [0.15, 0.2) is 35.9 Å². The average Bonchev–Trinajstić information content (AvgIpc) is 2.26. The summed E-state index contributed by atoms with van der Waals surface area (Å²) in [5, 5.41) is 3.26. The monoisotopic (exact) mass is 199 g/mol. The summed E-state index contributed by atoms with van der Waals surface area (Å²) in [5.41, 5.74) is 2.57. The van der Waals surface area contributed by atoms with E-state index >= 15 is 0 Å². The minimum atomic E-state index is 0.760. The highest BCUT2D eigenvalue weighted by Gasteiger charge is 1.89. The van der Waals surface area contributed by atoms with E-state index in [1.165, 1.54) is 11.1 Å². The molecule has 0 aliphatic rings. The molecule has 1 aromatic rings. The first kappa shape index (κ1) is 11.6. The van der Waals surface area contributed by atoms with Crippen molar-refractivity contribution in [2.45, 2.75) is 13.8 Å². The van der Waals surface area contributed by atoms with Crippen LogP contribution in [-0.2, 0) is 0 Å². The lowest BCUT2D eigenvalue weighted by Gasteiger charge is -2.01. The maximum atomic E-state index is 3.26. The molecule has 0 amide bonds. The Labute approximate surface area is 92.2 Å². The van der Waals surface area contributed by atoms with E-state index in [4.69, 9.17) is 0 Å². The fraction of sp³-hybridized carbons (Fsp3) is 0.286. The van der Waals surface area contributed by atoms with E-state index in [0.29, 0.717) is 0 Å². The van der Waals surface area contributed by atoms with Crippen molar-refractivity contribution >= 4 is 6.08 Å². The van der Waals surface area contributed by atoms with Gasteiger partial charge in [0.1, 0.15) is 0 Å². The third kappa shape index (κ3) is 5.05. The van der Waals surface area contributed by atoms with Gasteiger partial charge in [0.15, 0.2) is 0 Å².